The molecule has 0 N–H and O–H groups in total. The Labute approximate surface area is 148 Å². The maximum Gasteiger partial charge on any atom is 0.410 e. The number of piperidine rings is 1. The molecule has 6 nitrogen and oxygen atoms in total. The highest BCUT2D eigenvalue weighted by Crippen LogP contribution is 2.34. The van der Waals surface area contributed by atoms with Crippen molar-refractivity contribution in [1.82, 2.24) is 4.90 Å². The van der Waals surface area contributed by atoms with Crippen molar-refractivity contribution < 1.29 is 14.3 Å². The van der Waals surface area contributed by atoms with Gasteiger partial charge in [0.05, 0.1) is 6.34 Å². The topological polar surface area (TPSA) is 62.2 Å². The summed E-state index contributed by atoms with van der Waals surface area (Å²) in [5.74, 6) is -0.0137. The van der Waals surface area contributed by atoms with Crippen molar-refractivity contribution in [1.29, 1.82) is 0 Å². The SMILES string of the molecule is Cc1ccc(N2C=NC3(CCN(C(=O)OC(C)(C)C)CC3)C2=O)cc1. The molecule has 0 radical (unpaired) electrons. The first-order valence-corrected chi connectivity index (χ1v) is 8.64. The van der Waals surface area contributed by atoms with E-state index < -0.39 is 11.1 Å². The summed E-state index contributed by atoms with van der Waals surface area (Å²) in [5, 5.41) is 0. The van der Waals surface area contributed by atoms with Crippen LogP contribution in [0.15, 0.2) is 29.3 Å². The number of likely N-dealkylation sites (tertiary alicyclic amines) is 1. The van der Waals surface area contributed by atoms with Gasteiger partial charge in [-0.2, -0.15) is 0 Å². The number of carbonyl (C=O) groups is 2. The Morgan fingerprint density at radius 3 is 2.32 bits per heavy atom. The predicted octanol–water partition coefficient (Wildman–Crippen LogP) is 3.14. The van der Waals surface area contributed by atoms with Crippen LogP contribution in [-0.2, 0) is 9.53 Å². The summed E-state index contributed by atoms with van der Waals surface area (Å²) in [5.41, 5.74) is 0.706. The van der Waals surface area contributed by atoms with E-state index >= 15 is 0 Å². The molecular formula is C19H25N3O3. The van der Waals surface area contributed by atoms with Gasteiger partial charge in [-0.15, -0.1) is 0 Å². The lowest BCUT2D eigenvalue weighted by Crippen LogP contribution is -2.51. The zero-order valence-electron chi connectivity index (χ0n) is 15.3. The molecule has 3 rings (SSSR count). The van der Waals surface area contributed by atoms with Crippen molar-refractivity contribution in [2.24, 2.45) is 4.99 Å². The van der Waals surface area contributed by atoms with Crippen LogP contribution in [0.5, 0.6) is 0 Å². The molecule has 1 fully saturated rings. The molecule has 6 heteroatoms. The Kier molecular flexibility index (Phi) is 4.31. The number of aliphatic imine (C=N–C) groups is 1. The molecule has 1 saturated heterocycles. The number of hydrogen-bond donors (Lipinski definition) is 0. The molecule has 25 heavy (non-hydrogen) atoms. The number of rotatable bonds is 1. The zero-order valence-corrected chi connectivity index (χ0v) is 15.3. The number of aryl methyl sites for hydroxylation is 1. The summed E-state index contributed by atoms with van der Waals surface area (Å²) in [4.78, 5) is 32.9. The summed E-state index contributed by atoms with van der Waals surface area (Å²) in [6.45, 7) is 8.50. The average molecular weight is 343 g/mol. The normalized spacial score (nSPS) is 19.6. The number of nitrogens with zero attached hydrogens (tertiary/aromatic N) is 3. The number of hydrogen-bond acceptors (Lipinski definition) is 4. The molecule has 0 atom stereocenters. The van der Waals surface area contributed by atoms with Crippen LogP contribution in [0, 0.1) is 6.92 Å². The van der Waals surface area contributed by atoms with Crippen LogP contribution in [0.3, 0.4) is 0 Å². The highest BCUT2D eigenvalue weighted by atomic mass is 16.6. The summed E-state index contributed by atoms with van der Waals surface area (Å²) >= 11 is 0. The maximum absolute atomic E-state index is 12.9. The van der Waals surface area contributed by atoms with E-state index in [1.165, 1.54) is 0 Å². The van der Waals surface area contributed by atoms with Gasteiger partial charge in [0.25, 0.3) is 5.91 Å². The molecule has 2 heterocycles. The molecule has 0 aliphatic carbocycles. The van der Waals surface area contributed by atoms with E-state index in [0.717, 1.165) is 11.3 Å². The van der Waals surface area contributed by atoms with Crippen molar-refractivity contribution >= 4 is 24.0 Å². The number of carbonyl (C=O) groups excluding carboxylic acids is 2. The molecule has 0 unspecified atom stereocenters. The molecular weight excluding hydrogens is 318 g/mol. The van der Waals surface area contributed by atoms with E-state index in [4.69, 9.17) is 4.74 Å². The van der Waals surface area contributed by atoms with E-state index in [9.17, 15) is 9.59 Å². The second kappa shape index (κ2) is 6.17. The molecule has 1 aromatic rings. The Morgan fingerprint density at radius 2 is 1.76 bits per heavy atom. The van der Waals surface area contributed by atoms with E-state index in [2.05, 4.69) is 4.99 Å². The van der Waals surface area contributed by atoms with Gasteiger partial charge in [0.1, 0.15) is 11.1 Å². The largest absolute Gasteiger partial charge is 0.444 e. The standard InChI is InChI=1S/C19H25N3O3/c1-14-5-7-15(8-6-14)22-13-20-19(16(22)23)9-11-21(12-10-19)17(24)25-18(2,3)4/h5-8,13H,9-12H2,1-4H3. The molecule has 134 valence electrons. The molecule has 2 amide bonds. The van der Waals surface area contributed by atoms with Crippen molar-refractivity contribution in [2.45, 2.75) is 51.7 Å². The predicted molar refractivity (Wildman–Crippen MR) is 96.9 cm³/mol. The number of amides is 2. The summed E-state index contributed by atoms with van der Waals surface area (Å²) in [7, 11) is 0. The smallest absolute Gasteiger partial charge is 0.410 e. The molecule has 2 aliphatic heterocycles. The van der Waals surface area contributed by atoms with Crippen molar-refractivity contribution in [3.8, 4) is 0 Å². The molecule has 0 aromatic heterocycles. The van der Waals surface area contributed by atoms with Crippen LogP contribution in [0.1, 0.15) is 39.2 Å². The number of ether oxygens (including phenoxy) is 1. The van der Waals surface area contributed by atoms with Crippen LogP contribution in [0.25, 0.3) is 0 Å². The lowest BCUT2D eigenvalue weighted by atomic mass is 9.87. The Morgan fingerprint density at radius 1 is 1.16 bits per heavy atom. The quantitative estimate of drug-likeness (QED) is 0.787. The van der Waals surface area contributed by atoms with Crippen molar-refractivity contribution in [3.05, 3.63) is 29.8 Å². The van der Waals surface area contributed by atoms with Gasteiger partial charge in [-0.1, -0.05) is 17.7 Å². The van der Waals surface area contributed by atoms with E-state index in [1.807, 2.05) is 52.0 Å². The molecule has 0 saturated carbocycles. The van der Waals surface area contributed by atoms with E-state index in [0.29, 0.717) is 25.9 Å². The Bertz CT molecular complexity index is 696. The van der Waals surface area contributed by atoms with Gasteiger partial charge < -0.3 is 9.64 Å². The first-order chi connectivity index (χ1) is 11.7. The fourth-order valence-corrected chi connectivity index (χ4v) is 3.12. The maximum atomic E-state index is 12.9. The first-order valence-electron chi connectivity index (χ1n) is 8.64. The van der Waals surface area contributed by atoms with Crippen LogP contribution in [0.4, 0.5) is 10.5 Å². The van der Waals surface area contributed by atoms with Gasteiger partial charge in [-0.25, -0.2) is 4.79 Å². The fourth-order valence-electron chi connectivity index (χ4n) is 3.12. The van der Waals surface area contributed by atoms with Crippen molar-refractivity contribution in [2.75, 3.05) is 18.0 Å². The first kappa shape index (κ1) is 17.5. The minimum Gasteiger partial charge on any atom is -0.444 e. The van der Waals surface area contributed by atoms with Crippen LogP contribution < -0.4 is 4.90 Å². The van der Waals surface area contributed by atoms with Crippen LogP contribution >= 0.6 is 0 Å². The van der Waals surface area contributed by atoms with E-state index in [1.54, 1.807) is 16.1 Å². The van der Waals surface area contributed by atoms with Gasteiger partial charge in [0.15, 0.2) is 0 Å². The van der Waals surface area contributed by atoms with Gasteiger partial charge >= 0.3 is 6.09 Å². The highest BCUT2D eigenvalue weighted by molar-refractivity contribution is 6.17. The third-order valence-corrected chi connectivity index (χ3v) is 4.59. The Hall–Kier alpha value is -2.37. The van der Waals surface area contributed by atoms with Gasteiger partial charge in [0.2, 0.25) is 0 Å². The second-order valence-electron chi connectivity index (χ2n) is 7.75. The van der Waals surface area contributed by atoms with Crippen LogP contribution in [0.2, 0.25) is 0 Å². The van der Waals surface area contributed by atoms with Crippen LogP contribution in [-0.4, -0.2) is 47.5 Å². The Balaban J connectivity index is 1.66. The summed E-state index contributed by atoms with van der Waals surface area (Å²) in [6.07, 6.45) is 2.33. The average Bonchev–Trinajstić information content (AvgIpc) is 2.84. The third kappa shape index (κ3) is 3.52. The lowest BCUT2D eigenvalue weighted by molar-refractivity contribution is -0.123. The molecule has 2 aliphatic rings. The third-order valence-electron chi connectivity index (χ3n) is 4.59. The fraction of sp³-hybridized carbons (Fsp3) is 0.526. The van der Waals surface area contributed by atoms with E-state index in [-0.39, 0.29) is 12.0 Å². The molecule has 1 spiro atoms. The molecule has 1 aromatic carbocycles. The minimum absolute atomic E-state index is 0.0137. The number of anilines is 1. The van der Waals surface area contributed by atoms with Gasteiger partial charge in [-0.3, -0.25) is 14.7 Å². The van der Waals surface area contributed by atoms with Gasteiger partial charge in [0, 0.05) is 18.8 Å². The highest BCUT2D eigenvalue weighted by Gasteiger charge is 2.48. The molecule has 0 bridgehead atoms. The second-order valence-corrected chi connectivity index (χ2v) is 7.75. The zero-order chi connectivity index (χ0) is 18.2. The summed E-state index contributed by atoms with van der Waals surface area (Å²) < 4.78 is 5.41. The minimum atomic E-state index is -0.747. The number of benzene rings is 1. The lowest BCUT2D eigenvalue weighted by Gasteiger charge is -2.37. The summed E-state index contributed by atoms with van der Waals surface area (Å²) in [6, 6.07) is 7.81. The van der Waals surface area contributed by atoms with Crippen molar-refractivity contribution in [3.63, 3.8) is 0 Å². The monoisotopic (exact) mass is 343 g/mol. The van der Waals surface area contributed by atoms with Gasteiger partial charge in [-0.05, 0) is 52.7 Å².